The van der Waals surface area contributed by atoms with Crippen LogP contribution >= 0.6 is 0 Å². The standard InChI is InChI=1S/C22H24FN5O2/c1-14-11-19(30-26-14)17-13-24-22(27(2)3)25-20(17)18-9-4-5-10-28(18)21(29)15-7-6-8-16(23)12-15/h6-8,11-13,18H,4-5,9-10H2,1-3H3. The zero-order chi connectivity index (χ0) is 21.3. The maximum atomic E-state index is 13.7. The quantitative estimate of drug-likeness (QED) is 0.648. The van der Waals surface area contributed by atoms with Crippen LogP contribution in [0.2, 0.25) is 0 Å². The van der Waals surface area contributed by atoms with Crippen LogP contribution in [0.3, 0.4) is 0 Å². The first-order valence-corrected chi connectivity index (χ1v) is 9.98. The molecule has 3 aromatic rings. The Hall–Kier alpha value is -3.29. The number of hydrogen-bond acceptors (Lipinski definition) is 6. The Morgan fingerprint density at radius 1 is 1.27 bits per heavy atom. The first-order chi connectivity index (χ1) is 14.4. The van der Waals surface area contributed by atoms with E-state index >= 15 is 0 Å². The van der Waals surface area contributed by atoms with Crippen LogP contribution in [0.15, 0.2) is 41.1 Å². The number of halogens is 1. The van der Waals surface area contributed by atoms with Gasteiger partial charge in [0.2, 0.25) is 5.95 Å². The molecule has 0 bridgehead atoms. The summed E-state index contributed by atoms with van der Waals surface area (Å²) in [6.07, 6.45) is 4.33. The van der Waals surface area contributed by atoms with Crippen molar-refractivity contribution in [2.75, 3.05) is 25.5 Å². The molecule has 1 amide bonds. The van der Waals surface area contributed by atoms with E-state index in [4.69, 9.17) is 9.51 Å². The number of rotatable bonds is 4. The monoisotopic (exact) mass is 409 g/mol. The highest BCUT2D eigenvalue weighted by Gasteiger charge is 2.33. The lowest BCUT2D eigenvalue weighted by Crippen LogP contribution is -2.39. The summed E-state index contributed by atoms with van der Waals surface area (Å²) in [5.74, 6) is 0.485. The second-order valence-corrected chi connectivity index (χ2v) is 7.72. The molecule has 3 heterocycles. The van der Waals surface area contributed by atoms with Gasteiger partial charge in [-0.2, -0.15) is 0 Å². The summed E-state index contributed by atoms with van der Waals surface area (Å²) in [5.41, 5.74) is 2.52. The lowest BCUT2D eigenvalue weighted by Gasteiger charge is -2.36. The summed E-state index contributed by atoms with van der Waals surface area (Å²) in [6, 6.07) is 7.38. The van der Waals surface area contributed by atoms with Gasteiger partial charge in [-0.3, -0.25) is 4.79 Å². The van der Waals surface area contributed by atoms with Gasteiger partial charge >= 0.3 is 0 Å². The molecule has 2 aromatic heterocycles. The van der Waals surface area contributed by atoms with E-state index in [-0.39, 0.29) is 11.9 Å². The molecule has 0 saturated carbocycles. The molecule has 1 aliphatic rings. The van der Waals surface area contributed by atoms with Crippen LogP contribution in [0.25, 0.3) is 11.3 Å². The highest BCUT2D eigenvalue weighted by Crippen LogP contribution is 2.37. The SMILES string of the molecule is Cc1cc(-c2cnc(N(C)C)nc2C2CCCCN2C(=O)c2cccc(F)c2)on1. The lowest BCUT2D eigenvalue weighted by molar-refractivity contribution is 0.0606. The molecule has 1 atom stereocenters. The number of nitrogens with zero attached hydrogens (tertiary/aromatic N) is 5. The van der Waals surface area contributed by atoms with Gasteiger partial charge in [0.05, 0.1) is 23.0 Å². The molecule has 7 nitrogen and oxygen atoms in total. The largest absolute Gasteiger partial charge is 0.356 e. The number of hydrogen-bond donors (Lipinski definition) is 0. The number of anilines is 1. The predicted octanol–water partition coefficient (Wildman–Crippen LogP) is 4.01. The van der Waals surface area contributed by atoms with E-state index in [0.29, 0.717) is 35.1 Å². The van der Waals surface area contributed by atoms with E-state index in [1.165, 1.54) is 12.1 Å². The van der Waals surface area contributed by atoms with Crippen molar-refractivity contribution in [2.45, 2.75) is 32.2 Å². The molecular formula is C22H24FN5O2. The zero-order valence-corrected chi connectivity index (χ0v) is 17.3. The summed E-state index contributed by atoms with van der Waals surface area (Å²) in [6.45, 7) is 2.43. The molecule has 1 unspecified atom stereocenters. The fraction of sp³-hybridized carbons (Fsp3) is 0.364. The number of amides is 1. The van der Waals surface area contributed by atoms with Crippen molar-refractivity contribution in [3.8, 4) is 11.3 Å². The predicted molar refractivity (Wildman–Crippen MR) is 111 cm³/mol. The smallest absolute Gasteiger partial charge is 0.254 e. The summed E-state index contributed by atoms with van der Waals surface area (Å²) in [4.78, 5) is 26.1. The van der Waals surface area contributed by atoms with Crippen LogP contribution in [0.4, 0.5) is 10.3 Å². The second kappa shape index (κ2) is 8.22. The molecule has 8 heteroatoms. The molecule has 0 N–H and O–H groups in total. The molecule has 0 aliphatic carbocycles. The van der Waals surface area contributed by atoms with Gasteiger partial charge in [-0.15, -0.1) is 0 Å². The fourth-order valence-corrected chi connectivity index (χ4v) is 3.78. The van der Waals surface area contributed by atoms with Crippen LogP contribution in [0, 0.1) is 12.7 Å². The Labute approximate surface area is 174 Å². The number of aromatic nitrogens is 3. The van der Waals surface area contributed by atoms with Gasteiger partial charge in [0.15, 0.2) is 5.76 Å². The van der Waals surface area contributed by atoms with Gasteiger partial charge < -0.3 is 14.3 Å². The number of aryl methyl sites for hydroxylation is 1. The third-order valence-electron chi connectivity index (χ3n) is 5.25. The van der Waals surface area contributed by atoms with Crippen molar-refractivity contribution in [3.05, 3.63) is 59.3 Å². The van der Waals surface area contributed by atoms with Crippen molar-refractivity contribution >= 4 is 11.9 Å². The van der Waals surface area contributed by atoms with Gasteiger partial charge in [-0.25, -0.2) is 14.4 Å². The number of carbonyl (C=O) groups excluding carboxylic acids is 1. The minimum absolute atomic E-state index is 0.205. The van der Waals surface area contributed by atoms with E-state index in [1.54, 1.807) is 23.2 Å². The minimum atomic E-state index is -0.427. The Bertz CT molecular complexity index is 1070. The van der Waals surface area contributed by atoms with Crippen molar-refractivity contribution in [1.29, 1.82) is 0 Å². The van der Waals surface area contributed by atoms with Crippen molar-refractivity contribution < 1.29 is 13.7 Å². The highest BCUT2D eigenvalue weighted by molar-refractivity contribution is 5.94. The molecule has 1 aliphatic heterocycles. The molecule has 0 spiro atoms. The maximum Gasteiger partial charge on any atom is 0.254 e. The third-order valence-corrected chi connectivity index (χ3v) is 5.25. The molecule has 30 heavy (non-hydrogen) atoms. The molecule has 4 rings (SSSR count). The van der Waals surface area contributed by atoms with E-state index in [1.807, 2.05) is 32.0 Å². The van der Waals surface area contributed by atoms with Crippen LogP contribution in [-0.4, -0.2) is 46.6 Å². The molecule has 1 aromatic carbocycles. The van der Waals surface area contributed by atoms with Crippen LogP contribution < -0.4 is 4.90 Å². The first-order valence-electron chi connectivity index (χ1n) is 9.98. The average Bonchev–Trinajstić information content (AvgIpc) is 3.19. The normalized spacial score (nSPS) is 16.5. The van der Waals surface area contributed by atoms with Gasteiger partial charge in [-0.05, 0) is 44.4 Å². The molecular weight excluding hydrogens is 385 g/mol. The summed E-state index contributed by atoms with van der Waals surface area (Å²) < 4.78 is 19.2. The average molecular weight is 409 g/mol. The number of likely N-dealkylation sites (tertiary alicyclic amines) is 1. The summed E-state index contributed by atoms with van der Waals surface area (Å²) in [7, 11) is 3.74. The molecule has 156 valence electrons. The Morgan fingerprint density at radius 2 is 2.10 bits per heavy atom. The van der Waals surface area contributed by atoms with Crippen molar-refractivity contribution in [3.63, 3.8) is 0 Å². The molecule has 0 radical (unpaired) electrons. The maximum absolute atomic E-state index is 13.7. The van der Waals surface area contributed by atoms with Gasteiger partial charge in [0.1, 0.15) is 5.82 Å². The van der Waals surface area contributed by atoms with E-state index in [2.05, 4.69) is 10.1 Å². The number of piperidine rings is 1. The topological polar surface area (TPSA) is 75.4 Å². The summed E-state index contributed by atoms with van der Waals surface area (Å²) >= 11 is 0. The minimum Gasteiger partial charge on any atom is -0.356 e. The van der Waals surface area contributed by atoms with Crippen LogP contribution in [-0.2, 0) is 0 Å². The Balaban J connectivity index is 1.79. The van der Waals surface area contributed by atoms with Gasteiger partial charge in [0.25, 0.3) is 5.91 Å². The highest BCUT2D eigenvalue weighted by atomic mass is 19.1. The zero-order valence-electron chi connectivity index (χ0n) is 17.3. The van der Waals surface area contributed by atoms with E-state index in [9.17, 15) is 9.18 Å². The Morgan fingerprint density at radius 3 is 2.80 bits per heavy atom. The van der Waals surface area contributed by atoms with Crippen molar-refractivity contribution in [1.82, 2.24) is 20.0 Å². The van der Waals surface area contributed by atoms with Gasteiger partial charge in [-0.1, -0.05) is 11.2 Å². The summed E-state index contributed by atoms with van der Waals surface area (Å²) in [5, 5.41) is 3.99. The van der Waals surface area contributed by atoms with Crippen LogP contribution in [0.5, 0.6) is 0 Å². The fourth-order valence-electron chi connectivity index (χ4n) is 3.78. The van der Waals surface area contributed by atoms with Gasteiger partial charge in [0, 0.05) is 38.5 Å². The molecule has 1 fully saturated rings. The van der Waals surface area contributed by atoms with Crippen molar-refractivity contribution in [2.24, 2.45) is 0 Å². The molecule has 1 saturated heterocycles. The second-order valence-electron chi connectivity index (χ2n) is 7.72. The van der Waals surface area contributed by atoms with Crippen LogP contribution in [0.1, 0.15) is 47.1 Å². The number of benzene rings is 1. The van der Waals surface area contributed by atoms with E-state index in [0.717, 1.165) is 25.0 Å². The first kappa shape index (κ1) is 20.0. The number of carbonyl (C=O) groups is 1. The third kappa shape index (κ3) is 3.90. The Kier molecular flexibility index (Phi) is 5.48. The lowest BCUT2D eigenvalue weighted by atomic mass is 9.94. The van der Waals surface area contributed by atoms with E-state index < -0.39 is 5.82 Å².